The van der Waals surface area contributed by atoms with Crippen LogP contribution in [0.4, 0.5) is 0 Å². The number of hydrogen-bond donors (Lipinski definition) is 2. The van der Waals surface area contributed by atoms with E-state index in [4.69, 9.17) is 9.26 Å². The maximum atomic E-state index is 11.7. The van der Waals surface area contributed by atoms with Crippen molar-refractivity contribution in [3.05, 3.63) is 24.6 Å². The van der Waals surface area contributed by atoms with Crippen LogP contribution in [-0.4, -0.2) is 35.7 Å². The Morgan fingerprint density at radius 1 is 1.68 bits per heavy atom. The van der Waals surface area contributed by atoms with Gasteiger partial charge in [-0.3, -0.25) is 4.79 Å². The van der Waals surface area contributed by atoms with Gasteiger partial charge in [-0.25, -0.2) is 0 Å². The molecule has 0 aromatic carbocycles. The molecule has 0 bridgehead atoms. The Morgan fingerprint density at radius 2 is 2.58 bits per heavy atom. The van der Waals surface area contributed by atoms with E-state index in [2.05, 4.69) is 27.4 Å². The highest BCUT2D eigenvalue weighted by Crippen LogP contribution is 2.20. The molecule has 0 spiro atoms. The quantitative estimate of drug-likeness (QED) is 0.560. The molecular formula is C12H18N4O3. The Bertz CT molecular complexity index is 426. The zero-order chi connectivity index (χ0) is 13.5. The Kier molecular flexibility index (Phi) is 4.91. The summed E-state index contributed by atoms with van der Waals surface area (Å²) < 4.78 is 10.0. The largest absolute Gasteiger partial charge is 0.502 e. The van der Waals surface area contributed by atoms with E-state index < -0.39 is 0 Å². The summed E-state index contributed by atoms with van der Waals surface area (Å²) in [5.41, 5.74) is 0. The first kappa shape index (κ1) is 13.5. The molecule has 2 heterocycles. The molecular weight excluding hydrogens is 248 g/mol. The van der Waals surface area contributed by atoms with Gasteiger partial charge in [-0.15, -0.1) is 0 Å². The summed E-state index contributed by atoms with van der Waals surface area (Å²) in [6, 6.07) is 0.0787. The second-order valence-electron chi connectivity index (χ2n) is 4.25. The summed E-state index contributed by atoms with van der Waals surface area (Å²) in [5.74, 6) is 0.234. The highest BCUT2D eigenvalue weighted by molar-refractivity contribution is 5.90. The molecule has 7 heteroatoms. The van der Waals surface area contributed by atoms with Gasteiger partial charge in [-0.2, -0.15) is 4.98 Å². The lowest BCUT2D eigenvalue weighted by Crippen LogP contribution is -2.26. The monoisotopic (exact) mass is 266 g/mol. The van der Waals surface area contributed by atoms with Crippen LogP contribution in [0.1, 0.15) is 41.8 Å². The molecule has 1 aliphatic rings. The molecule has 2 N–H and O–H groups in total. The van der Waals surface area contributed by atoms with Gasteiger partial charge in [0.1, 0.15) is 0 Å². The topological polar surface area (TPSA) is 89.3 Å². The third-order valence-electron chi connectivity index (χ3n) is 2.85. The Balaban J connectivity index is 1.77. The van der Waals surface area contributed by atoms with Gasteiger partial charge in [-0.05, 0) is 25.8 Å². The fraction of sp³-hybridized carbons (Fsp3) is 0.583. The van der Waals surface area contributed by atoms with E-state index in [-0.39, 0.29) is 17.8 Å². The molecule has 0 aliphatic carbocycles. The first-order valence-corrected chi connectivity index (χ1v) is 6.39. The zero-order valence-corrected chi connectivity index (χ0v) is 10.7. The van der Waals surface area contributed by atoms with Crippen molar-refractivity contribution in [2.45, 2.75) is 25.3 Å². The van der Waals surface area contributed by atoms with Gasteiger partial charge in [0.05, 0.1) is 18.9 Å². The van der Waals surface area contributed by atoms with Gasteiger partial charge >= 0.3 is 0 Å². The highest BCUT2D eigenvalue weighted by Gasteiger charge is 2.24. The molecule has 104 valence electrons. The number of ether oxygens (including phenoxy) is 1. The van der Waals surface area contributed by atoms with Crippen molar-refractivity contribution in [3.8, 4) is 0 Å². The van der Waals surface area contributed by atoms with E-state index in [0.29, 0.717) is 25.5 Å². The summed E-state index contributed by atoms with van der Waals surface area (Å²) in [4.78, 5) is 15.8. The van der Waals surface area contributed by atoms with Crippen molar-refractivity contribution in [3.63, 3.8) is 0 Å². The van der Waals surface area contributed by atoms with Gasteiger partial charge in [-0.1, -0.05) is 11.7 Å². The maximum Gasteiger partial charge on any atom is 0.292 e. The van der Waals surface area contributed by atoms with Crippen LogP contribution < -0.4 is 10.6 Å². The Hall–Kier alpha value is -1.89. The number of rotatable bonds is 7. The van der Waals surface area contributed by atoms with Gasteiger partial charge in [0, 0.05) is 6.54 Å². The van der Waals surface area contributed by atoms with Crippen LogP contribution in [0.15, 0.2) is 17.4 Å². The molecule has 1 amide bonds. The van der Waals surface area contributed by atoms with Gasteiger partial charge in [0.25, 0.3) is 11.7 Å². The number of hydrogen-bond acceptors (Lipinski definition) is 6. The van der Waals surface area contributed by atoms with E-state index in [0.717, 1.165) is 19.4 Å². The molecule has 1 saturated heterocycles. The van der Waals surface area contributed by atoms with Crippen LogP contribution in [0.3, 0.4) is 0 Å². The van der Waals surface area contributed by atoms with Crippen molar-refractivity contribution >= 4 is 5.91 Å². The molecule has 19 heavy (non-hydrogen) atoms. The van der Waals surface area contributed by atoms with Gasteiger partial charge < -0.3 is 19.9 Å². The SMILES string of the molecule is C=COCCCNC(=O)c1noc(C2CCCN2)n1. The molecule has 1 aliphatic heterocycles. The number of carbonyl (C=O) groups excluding carboxylic acids is 1. The number of aromatic nitrogens is 2. The predicted molar refractivity (Wildman–Crippen MR) is 67.4 cm³/mol. The van der Waals surface area contributed by atoms with Crippen LogP contribution in [0.2, 0.25) is 0 Å². The first-order chi connectivity index (χ1) is 9.31. The van der Waals surface area contributed by atoms with E-state index in [9.17, 15) is 4.79 Å². The molecule has 0 radical (unpaired) electrons. The molecule has 2 rings (SSSR count). The van der Waals surface area contributed by atoms with E-state index in [1.54, 1.807) is 0 Å². The molecule has 1 fully saturated rings. The number of nitrogens with one attached hydrogen (secondary N) is 2. The van der Waals surface area contributed by atoms with Gasteiger partial charge in [0.15, 0.2) is 0 Å². The molecule has 1 atom stereocenters. The normalized spacial score (nSPS) is 18.2. The second kappa shape index (κ2) is 6.89. The standard InChI is InChI=1S/C12H18N4O3/c1-2-18-8-4-7-14-11(17)10-15-12(19-16-10)9-5-3-6-13-9/h2,9,13H,1,3-8H2,(H,14,17). The van der Waals surface area contributed by atoms with Crippen molar-refractivity contribution in [1.82, 2.24) is 20.8 Å². The smallest absolute Gasteiger partial charge is 0.292 e. The molecule has 1 unspecified atom stereocenters. The fourth-order valence-corrected chi connectivity index (χ4v) is 1.88. The second-order valence-corrected chi connectivity index (χ2v) is 4.25. The third-order valence-corrected chi connectivity index (χ3v) is 2.85. The van der Waals surface area contributed by atoms with Crippen molar-refractivity contribution in [2.24, 2.45) is 0 Å². The summed E-state index contributed by atoms with van der Waals surface area (Å²) in [5, 5.41) is 9.63. The van der Waals surface area contributed by atoms with E-state index >= 15 is 0 Å². The predicted octanol–water partition coefficient (Wildman–Crippen LogP) is 0.774. The summed E-state index contributed by atoms with van der Waals surface area (Å²) in [6.45, 7) is 5.40. The average molecular weight is 266 g/mol. The minimum Gasteiger partial charge on any atom is -0.502 e. The van der Waals surface area contributed by atoms with Crippen molar-refractivity contribution < 1.29 is 14.1 Å². The van der Waals surface area contributed by atoms with Crippen molar-refractivity contribution in [2.75, 3.05) is 19.7 Å². The lowest BCUT2D eigenvalue weighted by molar-refractivity contribution is 0.0937. The molecule has 0 saturated carbocycles. The van der Waals surface area contributed by atoms with Crippen molar-refractivity contribution in [1.29, 1.82) is 0 Å². The van der Waals surface area contributed by atoms with E-state index in [1.807, 2.05) is 0 Å². The number of amides is 1. The third kappa shape index (κ3) is 3.78. The van der Waals surface area contributed by atoms with Gasteiger partial charge in [0.2, 0.25) is 5.89 Å². The minimum atomic E-state index is -0.327. The van der Waals surface area contributed by atoms with E-state index in [1.165, 1.54) is 6.26 Å². The van der Waals surface area contributed by atoms with Crippen LogP contribution in [0.25, 0.3) is 0 Å². The Labute approximate surface area is 111 Å². The lowest BCUT2D eigenvalue weighted by atomic mass is 10.2. The van der Waals surface area contributed by atoms with Crippen LogP contribution in [-0.2, 0) is 4.74 Å². The lowest BCUT2D eigenvalue weighted by Gasteiger charge is -2.02. The number of carbonyl (C=O) groups is 1. The zero-order valence-electron chi connectivity index (χ0n) is 10.7. The minimum absolute atomic E-state index is 0.0772. The summed E-state index contributed by atoms with van der Waals surface area (Å²) in [6.07, 6.45) is 4.12. The molecule has 1 aromatic rings. The summed E-state index contributed by atoms with van der Waals surface area (Å²) in [7, 11) is 0. The first-order valence-electron chi connectivity index (χ1n) is 6.39. The fourth-order valence-electron chi connectivity index (χ4n) is 1.88. The summed E-state index contributed by atoms with van der Waals surface area (Å²) >= 11 is 0. The maximum absolute atomic E-state index is 11.7. The van der Waals surface area contributed by atoms with Crippen LogP contribution in [0, 0.1) is 0 Å². The number of nitrogens with zero attached hydrogens (tertiary/aromatic N) is 2. The molecule has 1 aromatic heterocycles. The molecule has 7 nitrogen and oxygen atoms in total. The highest BCUT2D eigenvalue weighted by atomic mass is 16.5. The Morgan fingerprint density at radius 3 is 3.32 bits per heavy atom. The van der Waals surface area contributed by atoms with Crippen LogP contribution in [0.5, 0.6) is 0 Å². The average Bonchev–Trinajstić information content (AvgIpc) is 3.08. The van der Waals surface area contributed by atoms with Crippen LogP contribution >= 0.6 is 0 Å².